The number of hydrogen-bond donors (Lipinski definition) is 0. The molecule has 15 heavy (non-hydrogen) atoms. The van der Waals surface area contributed by atoms with Gasteiger partial charge in [-0.3, -0.25) is 9.36 Å². The van der Waals surface area contributed by atoms with Gasteiger partial charge < -0.3 is 0 Å². The van der Waals surface area contributed by atoms with Crippen molar-refractivity contribution >= 4 is 0 Å². The summed E-state index contributed by atoms with van der Waals surface area (Å²) >= 11 is 0. The molecule has 3 nitrogen and oxygen atoms in total. The number of aromatic nitrogens is 2. The molecule has 0 aromatic carbocycles. The lowest BCUT2D eigenvalue weighted by Gasteiger charge is -2.09. The maximum absolute atomic E-state index is 12.9. The fourth-order valence-electron chi connectivity index (χ4n) is 2.20. The van der Waals surface area contributed by atoms with E-state index in [2.05, 4.69) is 4.98 Å². The summed E-state index contributed by atoms with van der Waals surface area (Å²) in [6.45, 7) is 0.592. The molecule has 1 fully saturated rings. The van der Waals surface area contributed by atoms with Crippen LogP contribution in [-0.2, 0) is 6.54 Å². The van der Waals surface area contributed by atoms with Gasteiger partial charge >= 0.3 is 0 Å². The molecule has 0 unspecified atom stereocenters. The van der Waals surface area contributed by atoms with Crippen LogP contribution in [0.2, 0.25) is 0 Å². The molecule has 1 heterocycles. The van der Waals surface area contributed by atoms with Crippen LogP contribution in [0.4, 0.5) is 4.39 Å². The lowest BCUT2D eigenvalue weighted by Crippen LogP contribution is -2.23. The Balaban J connectivity index is 1.98. The third kappa shape index (κ3) is 2.43. The Labute approximate surface area is 88.0 Å². The van der Waals surface area contributed by atoms with Crippen LogP contribution in [0.15, 0.2) is 17.3 Å². The monoisotopic (exact) mass is 210 g/mol. The summed E-state index contributed by atoms with van der Waals surface area (Å²) in [4.78, 5) is 15.0. The zero-order valence-electron chi connectivity index (χ0n) is 8.66. The van der Waals surface area contributed by atoms with Gasteiger partial charge in [-0.15, -0.1) is 0 Å². The average Bonchev–Trinajstić information content (AvgIpc) is 2.73. The Morgan fingerprint density at radius 3 is 2.93 bits per heavy atom. The third-order valence-corrected chi connectivity index (χ3v) is 3.11. The van der Waals surface area contributed by atoms with E-state index >= 15 is 0 Å². The number of hydrogen-bond acceptors (Lipinski definition) is 2. The van der Waals surface area contributed by atoms with Crippen LogP contribution in [0.3, 0.4) is 0 Å². The highest BCUT2D eigenvalue weighted by atomic mass is 19.1. The van der Waals surface area contributed by atoms with E-state index < -0.39 is 11.4 Å². The van der Waals surface area contributed by atoms with Crippen LogP contribution < -0.4 is 5.56 Å². The number of halogens is 1. The largest absolute Gasteiger partial charge is 0.297 e. The van der Waals surface area contributed by atoms with Crippen molar-refractivity contribution in [3.05, 3.63) is 28.7 Å². The van der Waals surface area contributed by atoms with Gasteiger partial charge in [-0.25, -0.2) is 4.98 Å². The Bertz CT molecular complexity index is 382. The fraction of sp³-hybridized carbons (Fsp3) is 0.636. The van der Waals surface area contributed by atoms with Gasteiger partial charge in [0.25, 0.3) is 5.56 Å². The Morgan fingerprint density at radius 2 is 2.20 bits per heavy atom. The van der Waals surface area contributed by atoms with Crippen LogP contribution in [0.5, 0.6) is 0 Å². The molecule has 0 N–H and O–H groups in total. The summed E-state index contributed by atoms with van der Waals surface area (Å²) in [7, 11) is 0. The molecule has 4 heteroatoms. The fourth-order valence-corrected chi connectivity index (χ4v) is 2.20. The van der Waals surface area contributed by atoms with Gasteiger partial charge in [0.1, 0.15) is 0 Å². The first-order valence-corrected chi connectivity index (χ1v) is 5.47. The highest BCUT2D eigenvalue weighted by Crippen LogP contribution is 2.27. The van der Waals surface area contributed by atoms with Crippen LogP contribution in [0, 0.1) is 11.7 Å². The predicted molar refractivity (Wildman–Crippen MR) is 55.0 cm³/mol. The second-order valence-corrected chi connectivity index (χ2v) is 4.18. The van der Waals surface area contributed by atoms with Crippen molar-refractivity contribution < 1.29 is 4.39 Å². The Kier molecular flexibility index (Phi) is 3.14. The van der Waals surface area contributed by atoms with Crippen molar-refractivity contribution in [1.29, 1.82) is 0 Å². The molecule has 0 bridgehead atoms. The second kappa shape index (κ2) is 4.55. The van der Waals surface area contributed by atoms with E-state index in [9.17, 15) is 9.18 Å². The normalized spacial score (nSPS) is 17.1. The molecule has 1 aromatic heterocycles. The Hall–Kier alpha value is -1.19. The molecular weight excluding hydrogens is 195 g/mol. The number of aryl methyl sites for hydroxylation is 1. The minimum absolute atomic E-state index is 0.553. The molecule has 0 radical (unpaired) electrons. The molecule has 2 rings (SSSR count). The molecule has 0 atom stereocenters. The topological polar surface area (TPSA) is 34.9 Å². The minimum atomic E-state index is -0.760. The van der Waals surface area contributed by atoms with Crippen LogP contribution in [0.25, 0.3) is 0 Å². The van der Waals surface area contributed by atoms with Gasteiger partial charge in [-0.05, 0) is 12.3 Å². The van der Waals surface area contributed by atoms with Crippen LogP contribution in [0.1, 0.15) is 32.1 Å². The second-order valence-electron chi connectivity index (χ2n) is 4.18. The van der Waals surface area contributed by atoms with Gasteiger partial charge in [-0.2, -0.15) is 4.39 Å². The first-order chi connectivity index (χ1) is 7.27. The van der Waals surface area contributed by atoms with E-state index in [4.69, 9.17) is 0 Å². The minimum Gasteiger partial charge on any atom is -0.297 e. The van der Waals surface area contributed by atoms with Crippen molar-refractivity contribution in [3.8, 4) is 0 Å². The van der Waals surface area contributed by atoms with Crippen molar-refractivity contribution in [2.75, 3.05) is 0 Å². The third-order valence-electron chi connectivity index (χ3n) is 3.11. The van der Waals surface area contributed by atoms with E-state index in [0.29, 0.717) is 12.5 Å². The Morgan fingerprint density at radius 1 is 1.47 bits per heavy atom. The van der Waals surface area contributed by atoms with Gasteiger partial charge in [0.05, 0.1) is 12.5 Å². The maximum Gasteiger partial charge on any atom is 0.289 e. The van der Waals surface area contributed by atoms with E-state index in [1.54, 1.807) is 0 Å². The van der Waals surface area contributed by atoms with Crippen molar-refractivity contribution in [2.45, 2.75) is 38.6 Å². The van der Waals surface area contributed by atoms with Gasteiger partial charge in [0, 0.05) is 6.54 Å². The van der Waals surface area contributed by atoms with Gasteiger partial charge in [0.2, 0.25) is 5.82 Å². The lowest BCUT2D eigenvalue weighted by molar-refractivity contribution is 0.441. The highest BCUT2D eigenvalue weighted by Gasteiger charge is 2.15. The molecule has 1 aliphatic carbocycles. The van der Waals surface area contributed by atoms with E-state index in [-0.39, 0.29) is 0 Å². The molecule has 82 valence electrons. The van der Waals surface area contributed by atoms with Crippen molar-refractivity contribution in [2.24, 2.45) is 5.92 Å². The van der Waals surface area contributed by atoms with E-state index in [1.807, 2.05) is 0 Å². The van der Waals surface area contributed by atoms with Gasteiger partial charge in [0.15, 0.2) is 0 Å². The van der Waals surface area contributed by atoms with Gasteiger partial charge in [-0.1, -0.05) is 25.7 Å². The molecule has 1 aromatic rings. The first-order valence-electron chi connectivity index (χ1n) is 5.47. The highest BCUT2D eigenvalue weighted by molar-refractivity contribution is 4.86. The van der Waals surface area contributed by atoms with Crippen molar-refractivity contribution in [3.63, 3.8) is 0 Å². The zero-order chi connectivity index (χ0) is 10.7. The number of nitrogens with zero attached hydrogens (tertiary/aromatic N) is 2. The zero-order valence-corrected chi connectivity index (χ0v) is 8.66. The summed E-state index contributed by atoms with van der Waals surface area (Å²) in [5, 5.41) is 0. The summed E-state index contributed by atoms with van der Waals surface area (Å²) in [5.74, 6) is -0.0518. The van der Waals surface area contributed by atoms with Crippen LogP contribution >= 0.6 is 0 Å². The van der Waals surface area contributed by atoms with E-state index in [1.165, 1.54) is 36.6 Å². The molecule has 1 aliphatic rings. The molecule has 1 saturated carbocycles. The predicted octanol–water partition coefficient (Wildman–Crippen LogP) is 1.96. The molecule has 0 saturated heterocycles. The molecule has 0 aliphatic heterocycles. The SMILES string of the molecule is O=c1c(F)cncn1CCC1CCCC1. The smallest absolute Gasteiger partial charge is 0.289 e. The first kappa shape index (κ1) is 10.3. The number of rotatable bonds is 3. The van der Waals surface area contributed by atoms with E-state index in [0.717, 1.165) is 12.6 Å². The quantitative estimate of drug-likeness (QED) is 0.764. The summed E-state index contributed by atoms with van der Waals surface area (Å²) in [6.07, 6.45) is 8.43. The van der Waals surface area contributed by atoms with Crippen LogP contribution in [-0.4, -0.2) is 9.55 Å². The average molecular weight is 210 g/mol. The summed E-state index contributed by atoms with van der Waals surface area (Å²) in [6, 6.07) is 0. The lowest BCUT2D eigenvalue weighted by atomic mass is 10.0. The molecule has 0 spiro atoms. The summed E-state index contributed by atoms with van der Waals surface area (Å²) < 4.78 is 14.3. The van der Waals surface area contributed by atoms with Crippen molar-refractivity contribution in [1.82, 2.24) is 9.55 Å². The molecule has 0 amide bonds. The summed E-state index contributed by atoms with van der Waals surface area (Å²) in [5.41, 5.74) is -0.553. The standard InChI is InChI=1S/C11H15FN2O/c12-10-7-13-8-14(11(10)15)6-5-9-3-1-2-4-9/h7-9H,1-6H2. The molecular formula is C11H15FN2O. The maximum atomic E-state index is 12.9.